The third-order valence-electron chi connectivity index (χ3n) is 6.71. The molecule has 31 heavy (non-hydrogen) atoms. The first-order valence-corrected chi connectivity index (χ1v) is 11.0. The van der Waals surface area contributed by atoms with E-state index in [4.69, 9.17) is 4.74 Å². The molecule has 2 aliphatic heterocycles. The molecule has 2 atom stereocenters. The first-order valence-electron chi connectivity index (χ1n) is 11.0. The summed E-state index contributed by atoms with van der Waals surface area (Å²) in [4.78, 5) is 52.0. The summed E-state index contributed by atoms with van der Waals surface area (Å²) in [6.07, 6.45) is 4.36. The maximum absolute atomic E-state index is 12.9. The van der Waals surface area contributed by atoms with Gasteiger partial charge in [0.15, 0.2) is 0 Å². The fourth-order valence-corrected chi connectivity index (χ4v) is 5.10. The molecule has 0 spiro atoms. The van der Waals surface area contributed by atoms with Crippen LogP contribution in [0.1, 0.15) is 45.4 Å². The van der Waals surface area contributed by atoms with Crippen molar-refractivity contribution in [1.29, 1.82) is 0 Å². The summed E-state index contributed by atoms with van der Waals surface area (Å²) in [6.45, 7) is 3.09. The van der Waals surface area contributed by atoms with E-state index < -0.39 is 4.92 Å². The number of ether oxygens (including phenoxy) is 1. The number of esters is 1. The van der Waals surface area contributed by atoms with Crippen LogP contribution < -0.4 is 9.80 Å². The monoisotopic (exact) mass is 429 g/mol. The standard InChI is InChI=1S/C22H27N3O6/c1-2-31-22(28)14-9-11-23(12-10-14)18-8-7-15(13-19(18)25(29)30)24-20(26)16-5-3-4-6-17(16)21(24)27/h7-8,13-14,16-17H,2-6,9-12H2,1H3/t16-,17-/m1/s1. The summed E-state index contributed by atoms with van der Waals surface area (Å²) < 4.78 is 5.08. The molecule has 3 fully saturated rings. The lowest BCUT2D eigenvalue weighted by Gasteiger charge is -2.32. The highest BCUT2D eigenvalue weighted by atomic mass is 16.6. The van der Waals surface area contributed by atoms with Crippen LogP contribution in [0.15, 0.2) is 18.2 Å². The van der Waals surface area contributed by atoms with E-state index in [1.54, 1.807) is 19.1 Å². The average Bonchev–Trinajstić information content (AvgIpc) is 3.04. The third kappa shape index (κ3) is 3.88. The SMILES string of the molecule is CCOC(=O)C1CCN(c2ccc(N3C(=O)[C@@H]4CCCC[C@H]4C3=O)cc2[N+](=O)[O-])CC1. The lowest BCUT2D eigenvalue weighted by atomic mass is 9.81. The average molecular weight is 429 g/mol. The maximum atomic E-state index is 12.9. The van der Waals surface area contributed by atoms with Crippen molar-refractivity contribution in [3.63, 3.8) is 0 Å². The van der Waals surface area contributed by atoms with Gasteiger partial charge < -0.3 is 9.64 Å². The summed E-state index contributed by atoms with van der Waals surface area (Å²) in [5.41, 5.74) is 0.566. The lowest BCUT2D eigenvalue weighted by Crippen LogP contribution is -2.37. The molecule has 9 nitrogen and oxygen atoms in total. The number of carbonyl (C=O) groups is 3. The lowest BCUT2D eigenvalue weighted by molar-refractivity contribution is -0.384. The number of anilines is 2. The quantitative estimate of drug-likeness (QED) is 0.306. The Hall–Kier alpha value is -2.97. The number of nitro benzene ring substituents is 1. The highest BCUT2D eigenvalue weighted by Crippen LogP contribution is 2.42. The molecule has 2 amide bonds. The maximum Gasteiger partial charge on any atom is 0.309 e. The molecule has 0 aromatic heterocycles. The number of carbonyl (C=O) groups excluding carboxylic acids is 3. The number of nitro groups is 1. The van der Waals surface area contributed by atoms with Crippen LogP contribution in [0.4, 0.5) is 17.1 Å². The van der Waals surface area contributed by atoms with E-state index in [0.717, 1.165) is 17.7 Å². The first kappa shape index (κ1) is 21.3. The molecule has 3 aliphatic rings. The van der Waals surface area contributed by atoms with Crippen LogP contribution in [0.3, 0.4) is 0 Å². The number of fused-ring (bicyclic) bond motifs is 1. The molecule has 0 unspecified atom stereocenters. The van der Waals surface area contributed by atoms with Gasteiger partial charge in [0.25, 0.3) is 5.69 Å². The van der Waals surface area contributed by atoms with Gasteiger partial charge in [-0.3, -0.25) is 24.5 Å². The van der Waals surface area contributed by atoms with Crippen LogP contribution in [-0.2, 0) is 19.1 Å². The molecule has 2 saturated heterocycles. The van der Waals surface area contributed by atoms with Crippen molar-refractivity contribution in [3.05, 3.63) is 28.3 Å². The van der Waals surface area contributed by atoms with E-state index in [0.29, 0.717) is 51.1 Å². The van der Waals surface area contributed by atoms with Crippen LogP contribution in [0.25, 0.3) is 0 Å². The van der Waals surface area contributed by atoms with E-state index in [-0.39, 0.29) is 46.9 Å². The fourth-order valence-electron chi connectivity index (χ4n) is 5.10. The Bertz CT molecular complexity index is 885. The highest BCUT2D eigenvalue weighted by Gasteiger charge is 2.49. The normalized spacial score (nSPS) is 24.3. The molecule has 1 aliphatic carbocycles. The van der Waals surface area contributed by atoms with Gasteiger partial charge in [0.1, 0.15) is 5.69 Å². The van der Waals surface area contributed by atoms with Gasteiger partial charge in [-0.2, -0.15) is 0 Å². The number of imide groups is 1. The molecule has 166 valence electrons. The second-order valence-electron chi connectivity index (χ2n) is 8.45. The van der Waals surface area contributed by atoms with Crippen LogP contribution >= 0.6 is 0 Å². The molecule has 1 aromatic carbocycles. The van der Waals surface area contributed by atoms with Gasteiger partial charge in [0.05, 0.1) is 35.0 Å². The number of hydrogen-bond donors (Lipinski definition) is 0. The van der Waals surface area contributed by atoms with Crippen molar-refractivity contribution < 1.29 is 24.0 Å². The van der Waals surface area contributed by atoms with Crippen molar-refractivity contribution in [1.82, 2.24) is 0 Å². The minimum atomic E-state index is -0.478. The van der Waals surface area contributed by atoms with Gasteiger partial charge in [0.2, 0.25) is 11.8 Å². The largest absolute Gasteiger partial charge is 0.466 e. The third-order valence-corrected chi connectivity index (χ3v) is 6.71. The van der Waals surface area contributed by atoms with Crippen molar-refractivity contribution >= 4 is 34.8 Å². The Balaban J connectivity index is 1.56. The van der Waals surface area contributed by atoms with Crippen LogP contribution in [0, 0.1) is 27.9 Å². The van der Waals surface area contributed by atoms with E-state index in [1.165, 1.54) is 6.07 Å². The number of piperidine rings is 1. The topological polar surface area (TPSA) is 110 Å². The zero-order valence-electron chi connectivity index (χ0n) is 17.6. The summed E-state index contributed by atoms with van der Waals surface area (Å²) in [6, 6.07) is 4.56. The molecule has 0 N–H and O–H groups in total. The Morgan fingerprint density at radius 1 is 1.10 bits per heavy atom. The summed E-state index contributed by atoms with van der Waals surface area (Å²) in [5.74, 6) is -1.51. The number of hydrogen-bond acceptors (Lipinski definition) is 7. The van der Waals surface area contributed by atoms with Gasteiger partial charge in [-0.15, -0.1) is 0 Å². The molecular weight excluding hydrogens is 402 g/mol. The van der Waals surface area contributed by atoms with Gasteiger partial charge in [0, 0.05) is 19.2 Å². The van der Waals surface area contributed by atoms with Crippen molar-refractivity contribution in [2.24, 2.45) is 17.8 Å². The van der Waals surface area contributed by atoms with Gasteiger partial charge in [-0.25, -0.2) is 4.90 Å². The Morgan fingerprint density at radius 2 is 1.71 bits per heavy atom. The predicted molar refractivity (Wildman–Crippen MR) is 113 cm³/mol. The zero-order valence-corrected chi connectivity index (χ0v) is 17.6. The van der Waals surface area contributed by atoms with E-state index in [2.05, 4.69) is 0 Å². The van der Waals surface area contributed by atoms with Crippen molar-refractivity contribution in [3.8, 4) is 0 Å². The minimum Gasteiger partial charge on any atom is -0.466 e. The van der Waals surface area contributed by atoms with Gasteiger partial charge in [-0.1, -0.05) is 12.8 Å². The van der Waals surface area contributed by atoms with Gasteiger partial charge >= 0.3 is 5.97 Å². The van der Waals surface area contributed by atoms with Crippen molar-refractivity contribution in [2.75, 3.05) is 29.5 Å². The molecular formula is C22H27N3O6. The smallest absolute Gasteiger partial charge is 0.309 e. The molecule has 4 rings (SSSR count). The first-order chi connectivity index (χ1) is 14.9. The summed E-state index contributed by atoms with van der Waals surface area (Å²) in [5, 5.41) is 11.8. The molecule has 9 heteroatoms. The Kier molecular flexibility index (Phi) is 5.93. The van der Waals surface area contributed by atoms with Gasteiger partial charge in [-0.05, 0) is 44.7 Å². The Morgan fingerprint density at radius 3 is 2.26 bits per heavy atom. The van der Waals surface area contributed by atoms with E-state index in [1.807, 2.05) is 4.90 Å². The van der Waals surface area contributed by atoms with Crippen LogP contribution in [-0.4, -0.2) is 42.4 Å². The predicted octanol–water partition coefficient (Wildman–Crippen LogP) is 3.05. The second-order valence-corrected chi connectivity index (χ2v) is 8.45. The minimum absolute atomic E-state index is 0.137. The van der Waals surface area contributed by atoms with Crippen molar-refractivity contribution in [2.45, 2.75) is 45.4 Å². The molecule has 0 bridgehead atoms. The Labute approximate surface area is 180 Å². The summed E-state index contributed by atoms with van der Waals surface area (Å²) >= 11 is 0. The van der Waals surface area contributed by atoms with Crippen LogP contribution in [0.2, 0.25) is 0 Å². The molecule has 0 radical (unpaired) electrons. The zero-order chi connectivity index (χ0) is 22.1. The second kappa shape index (κ2) is 8.64. The highest BCUT2D eigenvalue weighted by molar-refractivity contribution is 6.22. The van der Waals surface area contributed by atoms with E-state index in [9.17, 15) is 24.5 Å². The molecule has 2 heterocycles. The molecule has 1 saturated carbocycles. The summed E-state index contributed by atoms with van der Waals surface area (Å²) in [7, 11) is 0. The number of nitrogens with zero attached hydrogens (tertiary/aromatic N) is 3. The number of amides is 2. The van der Waals surface area contributed by atoms with Crippen LogP contribution in [0.5, 0.6) is 0 Å². The fraction of sp³-hybridized carbons (Fsp3) is 0.591. The van der Waals surface area contributed by atoms with E-state index >= 15 is 0 Å². The molecule has 1 aromatic rings. The number of rotatable bonds is 5. The number of benzene rings is 1.